The van der Waals surface area contributed by atoms with Crippen molar-refractivity contribution >= 4 is 22.6 Å². The van der Waals surface area contributed by atoms with Gasteiger partial charge >= 0.3 is 6.18 Å². The lowest BCUT2D eigenvalue weighted by molar-refractivity contribution is -0.181. The summed E-state index contributed by atoms with van der Waals surface area (Å²) in [7, 11) is 0. The molecule has 3 aromatic heterocycles. The topological polar surface area (TPSA) is 83.3 Å². The van der Waals surface area contributed by atoms with E-state index < -0.39 is 17.1 Å². The van der Waals surface area contributed by atoms with Crippen molar-refractivity contribution in [1.82, 2.24) is 29.7 Å². The molecule has 0 spiro atoms. The fourth-order valence-electron chi connectivity index (χ4n) is 3.95. The van der Waals surface area contributed by atoms with Crippen LogP contribution in [0.4, 0.5) is 13.2 Å². The number of allylic oxidation sites excluding steroid dienone is 3. The van der Waals surface area contributed by atoms with Crippen LogP contribution in [0, 0.1) is 5.41 Å². The number of imidazole rings is 2. The minimum atomic E-state index is -4.40. The number of nitrogens with one attached hydrogen (secondary N) is 2. The number of alkyl halides is 3. The Labute approximate surface area is 163 Å². The van der Waals surface area contributed by atoms with Gasteiger partial charge in [-0.3, -0.25) is 9.39 Å². The molecule has 7 nitrogen and oxygen atoms in total. The van der Waals surface area contributed by atoms with Crippen molar-refractivity contribution in [3.63, 3.8) is 0 Å². The molecule has 0 aromatic carbocycles. The fraction of sp³-hybridized carbons (Fsp3) is 0.368. The van der Waals surface area contributed by atoms with E-state index in [2.05, 4.69) is 30.2 Å². The van der Waals surface area contributed by atoms with Gasteiger partial charge in [0.25, 0.3) is 0 Å². The second-order valence-corrected chi connectivity index (χ2v) is 7.73. The number of aromatic nitrogens is 5. The van der Waals surface area contributed by atoms with Gasteiger partial charge in [0.05, 0.1) is 24.5 Å². The summed E-state index contributed by atoms with van der Waals surface area (Å²) in [5, 5.41) is 2.69. The van der Waals surface area contributed by atoms with Gasteiger partial charge in [-0.15, -0.1) is 0 Å². The third-order valence-electron chi connectivity index (χ3n) is 5.69. The average molecular weight is 401 g/mol. The first-order valence-corrected chi connectivity index (χ1v) is 9.20. The maximum absolute atomic E-state index is 13.5. The SMILES string of the molecule is CC1(C(F)(F)F)CN=C(C2(Cc3[nH]cnc4nc5cncn5c34)C=CC=CC2)N1. The molecule has 0 fully saturated rings. The van der Waals surface area contributed by atoms with Gasteiger partial charge in [0.2, 0.25) is 0 Å². The molecule has 3 aromatic rings. The molecule has 10 heteroatoms. The van der Waals surface area contributed by atoms with E-state index in [1.165, 1.54) is 0 Å². The van der Waals surface area contributed by atoms with E-state index in [1.54, 1.807) is 18.9 Å². The molecular weight excluding hydrogens is 383 g/mol. The molecule has 150 valence electrons. The number of halogens is 3. The van der Waals surface area contributed by atoms with Crippen LogP contribution < -0.4 is 5.32 Å². The standard InChI is InChI=1S/C19H18F3N7/c1-17(19(20,21)22)9-24-16(28-17)18(5-3-2-4-6-18)7-12-14-15(26-10-25-12)27-13-8-23-11-29(13)14/h2-5,8,10-11H,6-7,9H2,1H3,(H,24,28)(H,25,26,27). The van der Waals surface area contributed by atoms with E-state index >= 15 is 0 Å². The third-order valence-corrected chi connectivity index (χ3v) is 5.69. The Morgan fingerprint density at radius 3 is 2.86 bits per heavy atom. The predicted octanol–water partition coefficient (Wildman–Crippen LogP) is 2.97. The van der Waals surface area contributed by atoms with Crippen LogP contribution in [0.25, 0.3) is 16.8 Å². The van der Waals surface area contributed by atoms with Crippen molar-refractivity contribution < 1.29 is 13.2 Å². The summed E-state index contributed by atoms with van der Waals surface area (Å²) in [6.45, 7) is 0.802. The second-order valence-electron chi connectivity index (χ2n) is 7.73. The number of aromatic amines is 1. The summed E-state index contributed by atoms with van der Waals surface area (Å²) in [6.07, 6.45) is 8.99. The van der Waals surface area contributed by atoms with Crippen molar-refractivity contribution in [2.75, 3.05) is 6.54 Å². The van der Waals surface area contributed by atoms with Crippen LogP contribution in [0.1, 0.15) is 19.0 Å². The Hall–Kier alpha value is -3.17. The number of hydrogen-bond acceptors (Lipinski definition) is 5. The van der Waals surface area contributed by atoms with Crippen LogP contribution in [0.2, 0.25) is 0 Å². The molecule has 2 atom stereocenters. The van der Waals surface area contributed by atoms with E-state index in [0.29, 0.717) is 30.0 Å². The number of hydrogen-bond donors (Lipinski definition) is 2. The van der Waals surface area contributed by atoms with Crippen molar-refractivity contribution in [3.8, 4) is 0 Å². The zero-order valence-electron chi connectivity index (χ0n) is 15.5. The molecule has 0 radical (unpaired) electrons. The van der Waals surface area contributed by atoms with Gasteiger partial charge in [-0.25, -0.2) is 15.0 Å². The van der Waals surface area contributed by atoms with Crippen molar-refractivity contribution in [2.24, 2.45) is 10.4 Å². The van der Waals surface area contributed by atoms with Crippen molar-refractivity contribution in [1.29, 1.82) is 0 Å². The first kappa shape index (κ1) is 17.9. The molecule has 29 heavy (non-hydrogen) atoms. The van der Waals surface area contributed by atoms with Crippen molar-refractivity contribution in [3.05, 3.63) is 48.8 Å². The van der Waals surface area contributed by atoms with E-state index in [-0.39, 0.29) is 6.54 Å². The highest BCUT2D eigenvalue weighted by molar-refractivity contribution is 5.93. The first-order valence-electron chi connectivity index (χ1n) is 9.20. The highest BCUT2D eigenvalue weighted by atomic mass is 19.4. The monoisotopic (exact) mass is 401 g/mol. The highest BCUT2D eigenvalue weighted by Crippen LogP contribution is 2.40. The van der Waals surface area contributed by atoms with E-state index in [4.69, 9.17) is 0 Å². The van der Waals surface area contributed by atoms with Crippen LogP contribution in [-0.4, -0.2) is 48.4 Å². The summed E-state index contributed by atoms with van der Waals surface area (Å²) < 4.78 is 42.5. The second kappa shape index (κ2) is 5.91. The smallest absolute Gasteiger partial charge is 0.358 e. The number of H-pyrrole nitrogens is 1. The molecule has 2 unspecified atom stereocenters. The minimum Gasteiger partial charge on any atom is -0.358 e. The van der Waals surface area contributed by atoms with Gasteiger partial charge in [0.1, 0.15) is 17.7 Å². The number of nitrogens with zero attached hydrogens (tertiary/aromatic N) is 5. The van der Waals surface area contributed by atoms with Gasteiger partial charge in [-0.05, 0) is 13.3 Å². The van der Waals surface area contributed by atoms with Crippen LogP contribution >= 0.6 is 0 Å². The molecule has 1 aliphatic carbocycles. The molecule has 2 aliphatic rings. The molecule has 2 N–H and O–H groups in total. The van der Waals surface area contributed by atoms with Gasteiger partial charge in [0, 0.05) is 12.1 Å². The van der Waals surface area contributed by atoms with Gasteiger partial charge in [-0.2, -0.15) is 13.2 Å². The zero-order chi connectivity index (χ0) is 20.3. The van der Waals surface area contributed by atoms with Gasteiger partial charge in [-0.1, -0.05) is 24.3 Å². The van der Waals surface area contributed by atoms with Gasteiger partial charge < -0.3 is 10.3 Å². The summed E-state index contributed by atoms with van der Waals surface area (Å²) in [4.78, 5) is 20.3. The van der Waals surface area contributed by atoms with Gasteiger partial charge in [0.15, 0.2) is 16.8 Å². The quantitative estimate of drug-likeness (QED) is 0.707. The Morgan fingerprint density at radius 1 is 1.28 bits per heavy atom. The van der Waals surface area contributed by atoms with Crippen LogP contribution in [0.15, 0.2) is 48.1 Å². The number of aliphatic imine (C=N–C) groups is 1. The van der Waals surface area contributed by atoms with Crippen LogP contribution in [0.5, 0.6) is 0 Å². The van der Waals surface area contributed by atoms with Crippen molar-refractivity contribution in [2.45, 2.75) is 31.5 Å². The summed E-state index contributed by atoms with van der Waals surface area (Å²) >= 11 is 0. The molecule has 1 aliphatic heterocycles. The molecule has 4 heterocycles. The Balaban J connectivity index is 1.58. The zero-order valence-corrected chi connectivity index (χ0v) is 15.5. The molecule has 5 rings (SSSR count). The Morgan fingerprint density at radius 2 is 2.14 bits per heavy atom. The normalized spacial score (nSPS) is 27.0. The van der Waals surface area contributed by atoms with Crippen LogP contribution in [0.3, 0.4) is 0 Å². The molecule has 0 amide bonds. The lowest BCUT2D eigenvalue weighted by atomic mass is 9.76. The number of fused-ring (bicyclic) bond motifs is 3. The maximum Gasteiger partial charge on any atom is 0.413 e. The van der Waals surface area contributed by atoms with E-state index in [1.807, 2.05) is 28.7 Å². The van der Waals surface area contributed by atoms with E-state index in [9.17, 15) is 13.2 Å². The Kier molecular flexibility index (Phi) is 3.65. The molecule has 0 bridgehead atoms. The Bertz CT molecular complexity index is 1190. The first-order chi connectivity index (χ1) is 13.8. The largest absolute Gasteiger partial charge is 0.413 e. The summed E-state index contributed by atoms with van der Waals surface area (Å²) in [6, 6.07) is 0. The highest BCUT2D eigenvalue weighted by Gasteiger charge is 2.56. The lowest BCUT2D eigenvalue weighted by Crippen LogP contribution is -2.57. The summed E-state index contributed by atoms with van der Waals surface area (Å²) in [5.41, 5.74) is -0.000946. The van der Waals surface area contributed by atoms with E-state index in [0.717, 1.165) is 18.1 Å². The lowest BCUT2D eigenvalue weighted by Gasteiger charge is -2.35. The number of rotatable bonds is 3. The maximum atomic E-state index is 13.5. The van der Waals surface area contributed by atoms with Crippen LogP contribution in [-0.2, 0) is 6.42 Å². The minimum absolute atomic E-state index is 0.343. The third kappa shape index (κ3) is 2.65. The summed E-state index contributed by atoms with van der Waals surface area (Å²) in [5.74, 6) is 0.345. The number of amidine groups is 1. The average Bonchev–Trinajstić information content (AvgIpc) is 3.37. The predicted molar refractivity (Wildman–Crippen MR) is 102 cm³/mol. The molecule has 0 saturated heterocycles. The fourth-order valence-corrected chi connectivity index (χ4v) is 3.95. The molecule has 0 saturated carbocycles. The molecular formula is C19H18F3N7.